The summed E-state index contributed by atoms with van der Waals surface area (Å²) in [6, 6.07) is 10.4. The molecule has 1 fully saturated rings. The van der Waals surface area contributed by atoms with Crippen LogP contribution in [0.4, 0.5) is 0 Å². The molecule has 2 heterocycles. The molecule has 3 nitrogen and oxygen atoms in total. The van der Waals surface area contributed by atoms with E-state index in [1.54, 1.807) is 0 Å². The Balaban J connectivity index is 2.06. The van der Waals surface area contributed by atoms with Crippen molar-refractivity contribution in [2.45, 2.75) is 6.04 Å². The Bertz CT molecular complexity index is 502. The molecule has 2 aromatic rings. The highest BCUT2D eigenvalue weighted by Crippen LogP contribution is 2.29. The minimum absolute atomic E-state index is 0.460. The van der Waals surface area contributed by atoms with Crippen molar-refractivity contribution in [1.29, 1.82) is 0 Å². The van der Waals surface area contributed by atoms with Gasteiger partial charge in [-0.2, -0.15) is 5.10 Å². The first-order valence-corrected chi connectivity index (χ1v) is 5.73. The topological polar surface area (TPSA) is 29.9 Å². The van der Waals surface area contributed by atoms with Gasteiger partial charge in [0.1, 0.15) is 0 Å². The van der Waals surface area contributed by atoms with Crippen molar-refractivity contribution >= 4 is 11.6 Å². The quantitative estimate of drug-likeness (QED) is 0.863. The lowest BCUT2D eigenvalue weighted by Gasteiger charge is -2.29. The molecule has 0 atom stereocenters. The maximum atomic E-state index is 6.20. The summed E-state index contributed by atoms with van der Waals surface area (Å²) in [6.07, 6.45) is 1.83. The molecule has 1 N–H and O–H groups in total. The molecule has 82 valence electrons. The van der Waals surface area contributed by atoms with E-state index in [4.69, 9.17) is 11.6 Å². The zero-order valence-corrected chi connectivity index (χ0v) is 9.48. The zero-order valence-electron chi connectivity index (χ0n) is 8.73. The standard InChI is InChI=1S/C12H12ClN3/c13-11-4-2-1-3-10(11)12-5-6-15-16(12)9-7-14-8-9/h1-6,9,14H,7-8H2. The van der Waals surface area contributed by atoms with E-state index in [1.807, 2.05) is 36.5 Å². The fourth-order valence-corrected chi connectivity index (χ4v) is 2.17. The molecule has 1 aliphatic heterocycles. The third kappa shape index (κ3) is 1.52. The van der Waals surface area contributed by atoms with Crippen LogP contribution in [0.2, 0.25) is 5.02 Å². The number of nitrogens with zero attached hydrogens (tertiary/aromatic N) is 2. The Hall–Kier alpha value is -1.32. The molecular formula is C12H12ClN3. The smallest absolute Gasteiger partial charge is 0.0774 e. The predicted molar refractivity (Wildman–Crippen MR) is 64.6 cm³/mol. The lowest BCUT2D eigenvalue weighted by Crippen LogP contribution is -2.44. The minimum Gasteiger partial charge on any atom is -0.312 e. The van der Waals surface area contributed by atoms with E-state index in [0.29, 0.717) is 6.04 Å². The number of benzene rings is 1. The summed E-state index contributed by atoms with van der Waals surface area (Å²) >= 11 is 6.20. The average molecular weight is 234 g/mol. The van der Waals surface area contributed by atoms with Gasteiger partial charge in [-0.25, -0.2) is 0 Å². The summed E-state index contributed by atoms with van der Waals surface area (Å²) in [5, 5.41) is 8.40. The highest BCUT2D eigenvalue weighted by molar-refractivity contribution is 6.33. The van der Waals surface area contributed by atoms with E-state index in [0.717, 1.165) is 29.4 Å². The normalized spacial score (nSPS) is 16.1. The summed E-state index contributed by atoms with van der Waals surface area (Å²) in [4.78, 5) is 0. The number of aromatic nitrogens is 2. The molecule has 1 aromatic carbocycles. The summed E-state index contributed by atoms with van der Waals surface area (Å²) < 4.78 is 2.05. The monoisotopic (exact) mass is 233 g/mol. The number of hydrogen-bond acceptors (Lipinski definition) is 2. The molecule has 1 aliphatic rings. The van der Waals surface area contributed by atoms with Crippen molar-refractivity contribution in [3.8, 4) is 11.3 Å². The molecule has 0 amide bonds. The lowest BCUT2D eigenvalue weighted by atomic mass is 10.1. The van der Waals surface area contributed by atoms with Crippen molar-refractivity contribution < 1.29 is 0 Å². The van der Waals surface area contributed by atoms with Gasteiger partial charge < -0.3 is 5.32 Å². The fourth-order valence-electron chi connectivity index (χ4n) is 1.93. The molecular weight excluding hydrogens is 222 g/mol. The Morgan fingerprint density at radius 1 is 1.25 bits per heavy atom. The van der Waals surface area contributed by atoms with Crippen molar-refractivity contribution in [2.24, 2.45) is 0 Å². The third-order valence-corrected chi connectivity index (χ3v) is 3.26. The van der Waals surface area contributed by atoms with Crippen LogP contribution in [0.3, 0.4) is 0 Å². The highest BCUT2D eigenvalue weighted by atomic mass is 35.5. The molecule has 0 radical (unpaired) electrons. The van der Waals surface area contributed by atoms with E-state index in [2.05, 4.69) is 15.1 Å². The number of halogens is 1. The first-order valence-electron chi connectivity index (χ1n) is 5.35. The van der Waals surface area contributed by atoms with Crippen LogP contribution >= 0.6 is 11.6 Å². The Morgan fingerprint density at radius 3 is 2.75 bits per heavy atom. The second-order valence-electron chi connectivity index (χ2n) is 3.95. The molecule has 3 rings (SSSR count). The lowest BCUT2D eigenvalue weighted by molar-refractivity contribution is 0.321. The van der Waals surface area contributed by atoms with Gasteiger partial charge in [-0.1, -0.05) is 29.8 Å². The molecule has 0 bridgehead atoms. The van der Waals surface area contributed by atoms with Crippen LogP contribution in [0.15, 0.2) is 36.5 Å². The zero-order chi connectivity index (χ0) is 11.0. The van der Waals surface area contributed by atoms with Gasteiger partial charge in [-0.05, 0) is 12.1 Å². The van der Waals surface area contributed by atoms with Gasteiger partial charge in [0.05, 0.1) is 11.7 Å². The Kier molecular flexibility index (Phi) is 2.42. The maximum Gasteiger partial charge on any atom is 0.0774 e. The summed E-state index contributed by atoms with van der Waals surface area (Å²) in [5.41, 5.74) is 2.14. The van der Waals surface area contributed by atoms with Gasteiger partial charge >= 0.3 is 0 Å². The van der Waals surface area contributed by atoms with Crippen LogP contribution in [0.25, 0.3) is 11.3 Å². The molecule has 0 saturated carbocycles. The third-order valence-electron chi connectivity index (χ3n) is 2.93. The van der Waals surface area contributed by atoms with Gasteiger partial charge in [0.25, 0.3) is 0 Å². The molecule has 1 aromatic heterocycles. The summed E-state index contributed by atoms with van der Waals surface area (Å²) in [5.74, 6) is 0. The Morgan fingerprint density at radius 2 is 2.06 bits per heavy atom. The van der Waals surface area contributed by atoms with E-state index < -0.39 is 0 Å². The highest BCUT2D eigenvalue weighted by Gasteiger charge is 2.22. The van der Waals surface area contributed by atoms with Crippen LogP contribution in [-0.4, -0.2) is 22.9 Å². The van der Waals surface area contributed by atoms with E-state index in [1.165, 1.54) is 0 Å². The number of nitrogens with one attached hydrogen (secondary N) is 1. The van der Waals surface area contributed by atoms with Crippen LogP contribution in [0.1, 0.15) is 6.04 Å². The fraction of sp³-hybridized carbons (Fsp3) is 0.250. The summed E-state index contributed by atoms with van der Waals surface area (Å²) in [7, 11) is 0. The van der Waals surface area contributed by atoms with Gasteiger partial charge in [-0.15, -0.1) is 0 Å². The van der Waals surface area contributed by atoms with Gasteiger partial charge in [0, 0.05) is 29.9 Å². The molecule has 4 heteroatoms. The molecule has 16 heavy (non-hydrogen) atoms. The SMILES string of the molecule is Clc1ccccc1-c1ccnn1C1CNC1. The second kappa shape index (κ2) is 3.92. The number of rotatable bonds is 2. The minimum atomic E-state index is 0.460. The Labute approximate surface area is 99.0 Å². The van der Waals surface area contributed by atoms with Crippen molar-refractivity contribution in [3.05, 3.63) is 41.6 Å². The molecule has 1 saturated heterocycles. The van der Waals surface area contributed by atoms with Crippen molar-refractivity contribution in [3.63, 3.8) is 0 Å². The van der Waals surface area contributed by atoms with Crippen molar-refractivity contribution in [2.75, 3.05) is 13.1 Å². The second-order valence-corrected chi connectivity index (χ2v) is 4.36. The molecule has 0 unspecified atom stereocenters. The number of hydrogen-bond donors (Lipinski definition) is 1. The van der Waals surface area contributed by atoms with Crippen LogP contribution in [0.5, 0.6) is 0 Å². The van der Waals surface area contributed by atoms with E-state index >= 15 is 0 Å². The van der Waals surface area contributed by atoms with Crippen LogP contribution < -0.4 is 5.32 Å². The molecule has 0 spiro atoms. The van der Waals surface area contributed by atoms with Crippen molar-refractivity contribution in [1.82, 2.24) is 15.1 Å². The average Bonchev–Trinajstić information content (AvgIpc) is 2.65. The first kappa shape index (κ1) is 9.87. The van der Waals surface area contributed by atoms with Crippen LogP contribution in [-0.2, 0) is 0 Å². The maximum absolute atomic E-state index is 6.20. The van der Waals surface area contributed by atoms with E-state index in [-0.39, 0.29) is 0 Å². The van der Waals surface area contributed by atoms with E-state index in [9.17, 15) is 0 Å². The largest absolute Gasteiger partial charge is 0.312 e. The van der Waals surface area contributed by atoms with Gasteiger partial charge in [0.2, 0.25) is 0 Å². The summed E-state index contributed by atoms with van der Waals surface area (Å²) in [6.45, 7) is 1.97. The van der Waals surface area contributed by atoms with Gasteiger partial charge in [-0.3, -0.25) is 4.68 Å². The first-order chi connectivity index (χ1) is 7.86. The van der Waals surface area contributed by atoms with Gasteiger partial charge in [0.15, 0.2) is 0 Å². The van der Waals surface area contributed by atoms with Crippen LogP contribution in [0, 0.1) is 0 Å². The molecule has 0 aliphatic carbocycles. The predicted octanol–water partition coefficient (Wildman–Crippen LogP) is 2.35.